The second kappa shape index (κ2) is 2.71. The third kappa shape index (κ3) is 1.64. The largest absolute Gasteiger partial charge is 0.0896 e. The first-order valence-electron chi connectivity index (χ1n) is 3.90. The van der Waals surface area contributed by atoms with Crippen LogP contribution in [0.1, 0.15) is 19.3 Å². The van der Waals surface area contributed by atoms with Crippen molar-refractivity contribution in [2.45, 2.75) is 38.9 Å². The van der Waals surface area contributed by atoms with Gasteiger partial charge in [0, 0.05) is 5.03 Å². The van der Waals surface area contributed by atoms with Crippen LogP contribution in [0.4, 0.5) is 0 Å². The Labute approximate surface area is 69.3 Å². The maximum Gasteiger partial charge on any atom is 0.0739 e. The predicted octanol–water partition coefficient (Wildman–Crippen LogP) is 3.54. The Morgan fingerprint density at radius 3 is 2.00 bits per heavy atom. The van der Waals surface area contributed by atoms with Gasteiger partial charge in [0.05, 0.1) is 8.07 Å². The first kappa shape index (κ1) is 8.34. The lowest BCUT2D eigenvalue weighted by atomic mass is 10.4. The molecule has 0 heterocycles. The van der Waals surface area contributed by atoms with E-state index >= 15 is 0 Å². The molecule has 0 aromatic heterocycles. The minimum atomic E-state index is -1.04. The van der Waals surface area contributed by atoms with Crippen LogP contribution in [0.25, 0.3) is 0 Å². The van der Waals surface area contributed by atoms with Crippen molar-refractivity contribution >= 4 is 19.7 Å². The summed E-state index contributed by atoms with van der Waals surface area (Å²) in [5.41, 5.74) is 0. The molecule has 0 atom stereocenters. The molecule has 0 spiro atoms. The molecule has 1 rings (SSSR count). The average molecular weight is 175 g/mol. The quantitative estimate of drug-likeness (QED) is 0.534. The molecule has 0 aliphatic heterocycles. The average Bonchev–Trinajstić information content (AvgIpc) is 2.11. The minimum absolute atomic E-state index is 1.04. The molecule has 0 nitrogen and oxygen atoms in total. The molecule has 0 saturated carbocycles. The monoisotopic (exact) mass is 174 g/mol. The van der Waals surface area contributed by atoms with Gasteiger partial charge in [-0.15, -0.1) is 0 Å². The first-order chi connectivity index (χ1) is 4.52. The Morgan fingerprint density at radius 1 is 1.20 bits per heavy atom. The van der Waals surface area contributed by atoms with Gasteiger partial charge in [-0.1, -0.05) is 36.4 Å². The molecule has 0 fully saturated rings. The molecular formula is C8H15ClSi. The van der Waals surface area contributed by atoms with Crippen LogP contribution < -0.4 is 0 Å². The molecule has 0 aromatic rings. The summed E-state index contributed by atoms with van der Waals surface area (Å²) >= 11 is 6.08. The Bertz CT molecular complexity index is 165. The molecule has 0 radical (unpaired) electrons. The van der Waals surface area contributed by atoms with E-state index in [4.69, 9.17) is 11.6 Å². The molecule has 1 aliphatic carbocycles. The van der Waals surface area contributed by atoms with E-state index in [1.165, 1.54) is 17.9 Å². The van der Waals surface area contributed by atoms with E-state index in [9.17, 15) is 0 Å². The van der Waals surface area contributed by atoms with E-state index < -0.39 is 8.07 Å². The van der Waals surface area contributed by atoms with Crippen LogP contribution in [0.3, 0.4) is 0 Å². The molecule has 1 aliphatic rings. The lowest BCUT2D eigenvalue weighted by Crippen LogP contribution is -2.23. The summed E-state index contributed by atoms with van der Waals surface area (Å²) in [5, 5.41) is 2.79. The summed E-state index contributed by atoms with van der Waals surface area (Å²) in [6.45, 7) is 7.11. The predicted molar refractivity (Wildman–Crippen MR) is 50.1 cm³/mol. The van der Waals surface area contributed by atoms with Crippen molar-refractivity contribution in [3.8, 4) is 0 Å². The summed E-state index contributed by atoms with van der Waals surface area (Å²) in [5.74, 6) is 0. The van der Waals surface area contributed by atoms with Gasteiger partial charge in [0.15, 0.2) is 0 Å². The highest BCUT2D eigenvalue weighted by Crippen LogP contribution is 2.34. The van der Waals surface area contributed by atoms with Gasteiger partial charge in [-0.05, 0) is 19.3 Å². The van der Waals surface area contributed by atoms with Crippen molar-refractivity contribution in [2.24, 2.45) is 0 Å². The van der Waals surface area contributed by atoms with E-state index in [0.29, 0.717) is 0 Å². The Kier molecular flexibility index (Phi) is 2.26. The highest BCUT2D eigenvalue weighted by Gasteiger charge is 2.25. The first-order valence-corrected chi connectivity index (χ1v) is 7.77. The molecule has 0 aromatic carbocycles. The number of allylic oxidation sites excluding steroid dienone is 2. The molecule has 0 bridgehead atoms. The van der Waals surface area contributed by atoms with E-state index in [2.05, 4.69) is 19.6 Å². The van der Waals surface area contributed by atoms with Gasteiger partial charge in [0.2, 0.25) is 0 Å². The maximum atomic E-state index is 6.08. The van der Waals surface area contributed by atoms with Crippen molar-refractivity contribution in [2.75, 3.05) is 0 Å². The lowest BCUT2D eigenvalue weighted by Gasteiger charge is -2.18. The zero-order valence-electron chi connectivity index (χ0n) is 7.00. The zero-order valence-corrected chi connectivity index (χ0v) is 8.76. The van der Waals surface area contributed by atoms with Crippen LogP contribution >= 0.6 is 11.6 Å². The standard InChI is InChI=1S/C8H15ClSi/c1-10(2,3)8-6-4-5-7(8)9/h4-6H2,1-3H3. The Hall–Kier alpha value is 0.247. The van der Waals surface area contributed by atoms with E-state index in [1.807, 2.05) is 0 Å². The van der Waals surface area contributed by atoms with Crippen molar-refractivity contribution in [1.82, 2.24) is 0 Å². The second-order valence-electron chi connectivity index (χ2n) is 3.99. The smallest absolute Gasteiger partial charge is 0.0739 e. The SMILES string of the molecule is C[Si](C)(C)C1=C(Cl)CCC1. The van der Waals surface area contributed by atoms with Gasteiger partial charge in [-0.3, -0.25) is 0 Å². The second-order valence-corrected chi connectivity index (χ2v) is 9.55. The lowest BCUT2D eigenvalue weighted by molar-refractivity contribution is 0.916. The number of rotatable bonds is 1. The number of halogens is 1. The molecule has 0 unspecified atom stereocenters. The highest BCUT2D eigenvalue weighted by molar-refractivity contribution is 6.83. The third-order valence-electron chi connectivity index (χ3n) is 2.06. The van der Waals surface area contributed by atoms with Gasteiger partial charge in [0.1, 0.15) is 0 Å². The molecule has 0 N–H and O–H groups in total. The zero-order chi connectivity index (χ0) is 7.78. The van der Waals surface area contributed by atoms with E-state index in [0.717, 1.165) is 6.42 Å². The Morgan fingerprint density at radius 2 is 1.80 bits per heavy atom. The van der Waals surface area contributed by atoms with E-state index in [1.54, 1.807) is 5.20 Å². The summed E-state index contributed by atoms with van der Waals surface area (Å²) in [6, 6.07) is 0. The fourth-order valence-electron chi connectivity index (χ4n) is 1.49. The van der Waals surface area contributed by atoms with Gasteiger partial charge >= 0.3 is 0 Å². The number of hydrogen-bond acceptors (Lipinski definition) is 0. The van der Waals surface area contributed by atoms with Crippen LogP contribution in [-0.4, -0.2) is 8.07 Å². The van der Waals surface area contributed by atoms with Crippen LogP contribution in [0, 0.1) is 0 Å². The summed E-state index contributed by atoms with van der Waals surface area (Å²) in [6.07, 6.45) is 3.70. The maximum absolute atomic E-state index is 6.08. The van der Waals surface area contributed by atoms with Crippen LogP contribution in [-0.2, 0) is 0 Å². The van der Waals surface area contributed by atoms with Gasteiger partial charge in [-0.25, -0.2) is 0 Å². The third-order valence-corrected chi connectivity index (χ3v) is 4.99. The van der Waals surface area contributed by atoms with Crippen LogP contribution in [0.15, 0.2) is 10.2 Å². The summed E-state index contributed by atoms with van der Waals surface area (Å²) in [7, 11) is -1.04. The van der Waals surface area contributed by atoms with Crippen molar-refractivity contribution in [1.29, 1.82) is 0 Å². The van der Waals surface area contributed by atoms with Crippen molar-refractivity contribution in [3.63, 3.8) is 0 Å². The minimum Gasteiger partial charge on any atom is -0.0896 e. The summed E-state index contributed by atoms with van der Waals surface area (Å²) < 4.78 is 0. The molecular weight excluding hydrogens is 160 g/mol. The fraction of sp³-hybridized carbons (Fsp3) is 0.750. The highest BCUT2D eigenvalue weighted by atomic mass is 35.5. The van der Waals surface area contributed by atoms with Crippen LogP contribution in [0.5, 0.6) is 0 Å². The normalized spacial score (nSPS) is 20.4. The number of hydrogen-bond donors (Lipinski definition) is 0. The topological polar surface area (TPSA) is 0 Å². The van der Waals surface area contributed by atoms with Gasteiger partial charge in [0.25, 0.3) is 0 Å². The molecule has 10 heavy (non-hydrogen) atoms. The van der Waals surface area contributed by atoms with Crippen LogP contribution in [0.2, 0.25) is 19.6 Å². The molecule has 58 valence electrons. The summed E-state index contributed by atoms with van der Waals surface area (Å²) in [4.78, 5) is 0. The fourth-order valence-corrected chi connectivity index (χ4v) is 4.43. The van der Waals surface area contributed by atoms with Crippen molar-refractivity contribution < 1.29 is 0 Å². The molecule has 0 saturated heterocycles. The van der Waals surface area contributed by atoms with Gasteiger partial charge < -0.3 is 0 Å². The molecule has 0 amide bonds. The van der Waals surface area contributed by atoms with Gasteiger partial charge in [-0.2, -0.15) is 0 Å². The molecule has 2 heteroatoms. The van der Waals surface area contributed by atoms with E-state index in [-0.39, 0.29) is 0 Å². The van der Waals surface area contributed by atoms with Crippen molar-refractivity contribution in [3.05, 3.63) is 10.2 Å². The Balaban J connectivity index is 2.81.